The molecule has 1 fully saturated rings. The van der Waals surface area contributed by atoms with E-state index in [1.54, 1.807) is 31.2 Å². The van der Waals surface area contributed by atoms with Crippen molar-refractivity contribution in [2.24, 2.45) is 0 Å². The zero-order valence-electron chi connectivity index (χ0n) is 10.8. The summed E-state index contributed by atoms with van der Waals surface area (Å²) in [5.41, 5.74) is 0.848. The maximum absolute atomic E-state index is 12.1. The highest BCUT2D eigenvalue weighted by molar-refractivity contribution is 5.97. The summed E-state index contributed by atoms with van der Waals surface area (Å²) in [4.78, 5) is 12.1. The number of ether oxygens (including phenoxy) is 1. The molecule has 18 heavy (non-hydrogen) atoms. The third-order valence-electron chi connectivity index (χ3n) is 3.35. The Morgan fingerprint density at radius 1 is 1.44 bits per heavy atom. The van der Waals surface area contributed by atoms with E-state index in [9.17, 15) is 9.90 Å². The quantitative estimate of drug-likeness (QED) is 0.863. The second-order valence-corrected chi connectivity index (χ2v) is 4.93. The summed E-state index contributed by atoms with van der Waals surface area (Å²) in [5, 5.41) is 12.2. The Hall–Kier alpha value is -1.39. The van der Waals surface area contributed by atoms with Crippen molar-refractivity contribution in [3.8, 4) is 0 Å². The van der Waals surface area contributed by atoms with Gasteiger partial charge < -0.3 is 15.2 Å². The number of anilines is 1. The molecule has 1 aromatic rings. The zero-order chi connectivity index (χ0) is 13.2. The summed E-state index contributed by atoms with van der Waals surface area (Å²) in [6, 6.07) is 7.19. The second-order valence-electron chi connectivity index (χ2n) is 4.93. The summed E-state index contributed by atoms with van der Waals surface area (Å²) in [7, 11) is 0. The summed E-state index contributed by atoms with van der Waals surface area (Å²) in [5.74, 6) is -0.107. The lowest BCUT2D eigenvalue weighted by Gasteiger charge is -2.22. The van der Waals surface area contributed by atoms with Crippen LogP contribution in [-0.4, -0.2) is 23.2 Å². The van der Waals surface area contributed by atoms with Gasteiger partial charge in [0.15, 0.2) is 0 Å². The van der Waals surface area contributed by atoms with Crippen molar-refractivity contribution in [1.29, 1.82) is 0 Å². The van der Waals surface area contributed by atoms with Crippen LogP contribution >= 0.6 is 0 Å². The first kappa shape index (κ1) is 13.1. The first-order valence-electron chi connectivity index (χ1n) is 6.25. The fourth-order valence-electron chi connectivity index (χ4n) is 2.07. The Labute approximate surface area is 107 Å². The molecule has 2 atom stereocenters. The van der Waals surface area contributed by atoms with Crippen molar-refractivity contribution in [1.82, 2.24) is 0 Å². The monoisotopic (exact) mass is 249 g/mol. The molecule has 1 saturated heterocycles. The number of hydrogen-bond donors (Lipinski definition) is 2. The van der Waals surface area contributed by atoms with Gasteiger partial charge in [-0.3, -0.25) is 4.79 Å². The van der Waals surface area contributed by atoms with E-state index in [4.69, 9.17) is 4.74 Å². The molecule has 4 nitrogen and oxygen atoms in total. The van der Waals surface area contributed by atoms with Crippen LogP contribution in [0.5, 0.6) is 0 Å². The fraction of sp³-hybridized carbons (Fsp3) is 0.500. The minimum Gasteiger partial charge on any atom is -0.389 e. The van der Waals surface area contributed by atoms with E-state index in [0.29, 0.717) is 6.61 Å². The van der Waals surface area contributed by atoms with E-state index >= 15 is 0 Å². The van der Waals surface area contributed by atoms with Crippen LogP contribution in [-0.2, 0) is 9.53 Å². The van der Waals surface area contributed by atoms with Gasteiger partial charge in [-0.05, 0) is 44.4 Å². The molecule has 2 rings (SSSR count). The number of carbonyl (C=O) groups excluding carboxylic acids is 1. The molecule has 0 spiro atoms. The number of carbonyl (C=O) groups is 1. The van der Waals surface area contributed by atoms with Crippen LogP contribution in [0.1, 0.15) is 38.4 Å². The second kappa shape index (κ2) is 5.08. The van der Waals surface area contributed by atoms with Crippen LogP contribution in [0.4, 0.5) is 5.69 Å². The molecule has 1 aromatic carbocycles. The molecule has 0 saturated carbocycles. The van der Waals surface area contributed by atoms with E-state index in [1.165, 1.54) is 0 Å². The Kier molecular flexibility index (Phi) is 3.68. The number of hydrogen-bond acceptors (Lipinski definition) is 3. The summed E-state index contributed by atoms with van der Waals surface area (Å²) in [6.45, 7) is 4.17. The standard InChI is InChI=1S/C14H19NO3/c1-10(16)11-4-6-12(7-5-11)15-13(17)14(2)8-3-9-18-14/h4-7,10,16H,3,8-9H2,1-2H3,(H,15,17). The Morgan fingerprint density at radius 2 is 2.11 bits per heavy atom. The number of amides is 1. The van der Waals surface area contributed by atoms with Crippen LogP contribution in [0.2, 0.25) is 0 Å². The molecule has 0 bridgehead atoms. The topological polar surface area (TPSA) is 58.6 Å². The van der Waals surface area contributed by atoms with Gasteiger partial charge in [0, 0.05) is 12.3 Å². The molecule has 2 unspecified atom stereocenters. The van der Waals surface area contributed by atoms with Gasteiger partial charge in [0.05, 0.1) is 6.10 Å². The van der Waals surface area contributed by atoms with Crippen molar-refractivity contribution < 1.29 is 14.6 Å². The molecule has 1 amide bonds. The third kappa shape index (κ3) is 2.71. The van der Waals surface area contributed by atoms with E-state index in [2.05, 4.69) is 5.32 Å². The SMILES string of the molecule is CC(O)c1ccc(NC(=O)C2(C)CCCO2)cc1. The molecule has 2 N–H and O–H groups in total. The molecule has 1 heterocycles. The summed E-state index contributed by atoms with van der Waals surface area (Å²) < 4.78 is 5.48. The van der Waals surface area contributed by atoms with Crippen molar-refractivity contribution in [3.05, 3.63) is 29.8 Å². The van der Waals surface area contributed by atoms with Crippen molar-refractivity contribution >= 4 is 11.6 Å². The van der Waals surface area contributed by atoms with E-state index in [1.807, 2.05) is 6.92 Å². The third-order valence-corrected chi connectivity index (χ3v) is 3.35. The van der Waals surface area contributed by atoms with Gasteiger partial charge >= 0.3 is 0 Å². The zero-order valence-corrected chi connectivity index (χ0v) is 10.8. The number of aliphatic hydroxyl groups excluding tert-OH is 1. The Balaban J connectivity index is 2.03. The Bertz CT molecular complexity index is 419. The van der Waals surface area contributed by atoms with E-state index in [0.717, 1.165) is 24.1 Å². The Morgan fingerprint density at radius 3 is 2.61 bits per heavy atom. The van der Waals surface area contributed by atoms with Crippen molar-refractivity contribution in [2.45, 2.75) is 38.4 Å². The molecule has 0 aromatic heterocycles. The average molecular weight is 249 g/mol. The summed E-state index contributed by atoms with van der Waals surface area (Å²) >= 11 is 0. The van der Waals surface area contributed by atoms with Crippen LogP contribution in [0, 0.1) is 0 Å². The molecular formula is C14H19NO3. The number of benzene rings is 1. The van der Waals surface area contributed by atoms with Gasteiger partial charge in [0.1, 0.15) is 5.60 Å². The average Bonchev–Trinajstić information content (AvgIpc) is 2.78. The predicted molar refractivity (Wildman–Crippen MR) is 69.3 cm³/mol. The number of nitrogens with one attached hydrogen (secondary N) is 1. The minimum atomic E-state index is -0.705. The minimum absolute atomic E-state index is 0.107. The maximum Gasteiger partial charge on any atom is 0.256 e. The first-order chi connectivity index (χ1) is 8.51. The van der Waals surface area contributed by atoms with Gasteiger partial charge in [-0.2, -0.15) is 0 Å². The van der Waals surface area contributed by atoms with Gasteiger partial charge in [-0.1, -0.05) is 12.1 Å². The van der Waals surface area contributed by atoms with Crippen LogP contribution in [0.25, 0.3) is 0 Å². The highest BCUT2D eigenvalue weighted by Crippen LogP contribution is 2.26. The largest absolute Gasteiger partial charge is 0.389 e. The van der Waals surface area contributed by atoms with Gasteiger partial charge in [-0.25, -0.2) is 0 Å². The molecule has 4 heteroatoms. The highest BCUT2D eigenvalue weighted by Gasteiger charge is 2.37. The summed E-state index contributed by atoms with van der Waals surface area (Å²) in [6.07, 6.45) is 1.18. The lowest BCUT2D eigenvalue weighted by atomic mass is 10.0. The van der Waals surface area contributed by atoms with Crippen LogP contribution in [0.3, 0.4) is 0 Å². The van der Waals surface area contributed by atoms with Crippen molar-refractivity contribution in [3.63, 3.8) is 0 Å². The molecule has 0 aliphatic carbocycles. The maximum atomic E-state index is 12.1. The first-order valence-corrected chi connectivity index (χ1v) is 6.25. The molecule has 0 radical (unpaired) electrons. The molecule has 98 valence electrons. The van der Waals surface area contributed by atoms with E-state index < -0.39 is 11.7 Å². The van der Waals surface area contributed by atoms with Gasteiger partial charge in [-0.15, -0.1) is 0 Å². The molecular weight excluding hydrogens is 230 g/mol. The lowest BCUT2D eigenvalue weighted by molar-refractivity contribution is -0.133. The number of rotatable bonds is 3. The van der Waals surface area contributed by atoms with Gasteiger partial charge in [0.25, 0.3) is 5.91 Å². The predicted octanol–water partition coefficient (Wildman–Crippen LogP) is 2.25. The fourth-order valence-corrected chi connectivity index (χ4v) is 2.07. The smallest absolute Gasteiger partial charge is 0.256 e. The molecule has 1 aliphatic rings. The lowest BCUT2D eigenvalue weighted by Crippen LogP contribution is -2.39. The molecule has 1 aliphatic heterocycles. The van der Waals surface area contributed by atoms with Crippen molar-refractivity contribution in [2.75, 3.05) is 11.9 Å². The van der Waals surface area contributed by atoms with Crippen LogP contribution in [0.15, 0.2) is 24.3 Å². The van der Waals surface area contributed by atoms with Crippen LogP contribution < -0.4 is 5.32 Å². The number of aliphatic hydroxyl groups is 1. The highest BCUT2D eigenvalue weighted by atomic mass is 16.5. The normalized spacial score (nSPS) is 24.8. The van der Waals surface area contributed by atoms with Gasteiger partial charge in [0.2, 0.25) is 0 Å². The van der Waals surface area contributed by atoms with E-state index in [-0.39, 0.29) is 5.91 Å².